The summed E-state index contributed by atoms with van der Waals surface area (Å²) in [6.07, 6.45) is 0. The number of benzene rings is 2. The van der Waals surface area contributed by atoms with E-state index >= 15 is 0 Å². The number of carbonyl (C=O) groups is 2. The summed E-state index contributed by atoms with van der Waals surface area (Å²) in [5.41, 5.74) is 1.35. The fourth-order valence-electron chi connectivity index (χ4n) is 2.25. The highest BCUT2D eigenvalue weighted by atomic mass is 127. The predicted octanol–water partition coefficient (Wildman–Crippen LogP) is 3.99. The van der Waals surface area contributed by atoms with E-state index in [0.29, 0.717) is 16.7 Å². The number of carbonyl (C=O) groups excluding carboxylic acids is 2. The second-order valence-electron chi connectivity index (χ2n) is 4.60. The Hall–Kier alpha value is -1.28. The average Bonchev–Trinajstić information content (AvgIpc) is 2.68. The van der Waals surface area contributed by atoms with E-state index in [9.17, 15) is 14.0 Å². The molecule has 1 aliphatic heterocycles. The standard InChI is InChI=1S/C15H8BrFINO2/c16-13-8(2-1-3-12(13)17)7-19-14(20)10-5-4-9(18)6-11(10)15(19)21/h1-6H,7H2. The van der Waals surface area contributed by atoms with Gasteiger partial charge in [0.2, 0.25) is 0 Å². The minimum absolute atomic E-state index is 0.0429. The number of halogens is 3. The van der Waals surface area contributed by atoms with E-state index in [-0.39, 0.29) is 22.8 Å². The van der Waals surface area contributed by atoms with Crippen molar-refractivity contribution in [1.29, 1.82) is 0 Å². The van der Waals surface area contributed by atoms with Crippen LogP contribution in [0.2, 0.25) is 0 Å². The molecule has 3 nitrogen and oxygen atoms in total. The first-order valence-electron chi connectivity index (χ1n) is 6.07. The van der Waals surface area contributed by atoms with Crippen LogP contribution < -0.4 is 0 Å². The number of hydrogen-bond donors (Lipinski definition) is 0. The van der Waals surface area contributed by atoms with Gasteiger partial charge in [-0.3, -0.25) is 14.5 Å². The summed E-state index contributed by atoms with van der Waals surface area (Å²) in [7, 11) is 0. The maximum atomic E-state index is 13.5. The van der Waals surface area contributed by atoms with Crippen LogP contribution in [0, 0.1) is 9.39 Å². The molecule has 0 spiro atoms. The Morgan fingerprint density at radius 1 is 1.10 bits per heavy atom. The van der Waals surface area contributed by atoms with E-state index < -0.39 is 5.82 Å². The summed E-state index contributed by atoms with van der Waals surface area (Å²) in [5, 5.41) is 0. The zero-order valence-electron chi connectivity index (χ0n) is 10.6. The molecule has 1 aliphatic rings. The highest BCUT2D eigenvalue weighted by Crippen LogP contribution is 2.28. The summed E-state index contributed by atoms with van der Waals surface area (Å²) in [6, 6.07) is 9.68. The number of hydrogen-bond acceptors (Lipinski definition) is 2. The van der Waals surface area contributed by atoms with Crippen LogP contribution >= 0.6 is 38.5 Å². The lowest BCUT2D eigenvalue weighted by Gasteiger charge is -2.15. The first-order chi connectivity index (χ1) is 9.99. The number of fused-ring (bicyclic) bond motifs is 1. The summed E-state index contributed by atoms with van der Waals surface area (Å²) in [4.78, 5) is 25.8. The zero-order chi connectivity index (χ0) is 15.1. The SMILES string of the molecule is O=C1c2ccc(I)cc2C(=O)N1Cc1cccc(F)c1Br. The Morgan fingerprint density at radius 2 is 1.81 bits per heavy atom. The molecule has 1 heterocycles. The largest absolute Gasteiger partial charge is 0.270 e. The molecule has 2 aromatic rings. The zero-order valence-corrected chi connectivity index (χ0v) is 14.3. The van der Waals surface area contributed by atoms with Gasteiger partial charge in [0.1, 0.15) is 5.82 Å². The third-order valence-electron chi connectivity index (χ3n) is 3.29. The summed E-state index contributed by atoms with van der Waals surface area (Å²) in [6.45, 7) is 0.0429. The van der Waals surface area contributed by atoms with Crippen molar-refractivity contribution in [3.05, 3.63) is 66.9 Å². The van der Waals surface area contributed by atoms with Crippen LogP contribution in [0.15, 0.2) is 40.9 Å². The molecule has 21 heavy (non-hydrogen) atoms. The molecule has 3 rings (SSSR count). The highest BCUT2D eigenvalue weighted by Gasteiger charge is 2.35. The second kappa shape index (κ2) is 5.49. The van der Waals surface area contributed by atoms with Gasteiger partial charge in [0.05, 0.1) is 22.1 Å². The normalized spacial score (nSPS) is 13.8. The van der Waals surface area contributed by atoms with Gasteiger partial charge in [-0.2, -0.15) is 0 Å². The fraction of sp³-hybridized carbons (Fsp3) is 0.0667. The van der Waals surface area contributed by atoms with E-state index in [0.717, 1.165) is 8.47 Å². The Bertz CT molecular complexity index is 778. The van der Waals surface area contributed by atoms with Crippen molar-refractivity contribution in [3.63, 3.8) is 0 Å². The maximum Gasteiger partial charge on any atom is 0.261 e. The molecule has 0 aromatic heterocycles. The van der Waals surface area contributed by atoms with Gasteiger partial charge in [-0.25, -0.2) is 4.39 Å². The molecular formula is C15H8BrFINO2. The van der Waals surface area contributed by atoms with Crippen LogP contribution in [0.5, 0.6) is 0 Å². The van der Waals surface area contributed by atoms with Crippen LogP contribution in [-0.4, -0.2) is 16.7 Å². The third-order valence-corrected chi connectivity index (χ3v) is 4.85. The first-order valence-corrected chi connectivity index (χ1v) is 7.95. The summed E-state index contributed by atoms with van der Waals surface area (Å²) >= 11 is 5.24. The lowest BCUT2D eigenvalue weighted by atomic mass is 10.1. The molecule has 2 aromatic carbocycles. The Balaban J connectivity index is 1.97. The molecule has 2 amide bonds. The average molecular weight is 460 g/mol. The fourth-order valence-corrected chi connectivity index (χ4v) is 3.13. The summed E-state index contributed by atoms with van der Waals surface area (Å²) in [5.74, 6) is -1.11. The van der Waals surface area contributed by atoms with Crippen molar-refractivity contribution in [2.24, 2.45) is 0 Å². The Kier molecular flexibility index (Phi) is 3.83. The molecule has 0 saturated heterocycles. The van der Waals surface area contributed by atoms with Crippen LogP contribution in [0.1, 0.15) is 26.3 Å². The van der Waals surface area contributed by atoms with Gasteiger partial charge < -0.3 is 0 Å². The van der Waals surface area contributed by atoms with E-state index in [1.165, 1.54) is 6.07 Å². The van der Waals surface area contributed by atoms with Gasteiger partial charge in [0.15, 0.2) is 0 Å². The van der Waals surface area contributed by atoms with E-state index in [2.05, 4.69) is 38.5 Å². The van der Waals surface area contributed by atoms with Gasteiger partial charge in [0.25, 0.3) is 11.8 Å². The number of imide groups is 1. The summed E-state index contributed by atoms with van der Waals surface area (Å²) < 4.78 is 14.7. The highest BCUT2D eigenvalue weighted by molar-refractivity contribution is 14.1. The van der Waals surface area contributed by atoms with E-state index in [1.54, 1.807) is 30.3 Å². The van der Waals surface area contributed by atoms with Gasteiger partial charge in [-0.1, -0.05) is 12.1 Å². The van der Waals surface area contributed by atoms with Crippen LogP contribution in [-0.2, 0) is 6.54 Å². The van der Waals surface area contributed by atoms with Crippen molar-refractivity contribution >= 4 is 50.3 Å². The quantitative estimate of drug-likeness (QED) is 0.503. The minimum atomic E-state index is -0.418. The van der Waals surface area contributed by atoms with Gasteiger partial charge >= 0.3 is 0 Å². The topological polar surface area (TPSA) is 37.4 Å². The Labute approximate surface area is 142 Å². The molecule has 0 fully saturated rings. The van der Waals surface area contributed by atoms with Crippen molar-refractivity contribution < 1.29 is 14.0 Å². The molecule has 6 heteroatoms. The van der Waals surface area contributed by atoms with Gasteiger partial charge in [-0.05, 0) is 68.3 Å². The van der Waals surface area contributed by atoms with Crippen LogP contribution in [0.3, 0.4) is 0 Å². The van der Waals surface area contributed by atoms with Crippen molar-refractivity contribution in [2.75, 3.05) is 0 Å². The molecular weight excluding hydrogens is 452 g/mol. The molecule has 0 aliphatic carbocycles. The second-order valence-corrected chi connectivity index (χ2v) is 6.64. The lowest BCUT2D eigenvalue weighted by molar-refractivity contribution is 0.0642. The smallest absolute Gasteiger partial charge is 0.261 e. The molecule has 0 N–H and O–H groups in total. The van der Waals surface area contributed by atoms with Crippen LogP contribution in [0.25, 0.3) is 0 Å². The van der Waals surface area contributed by atoms with Crippen molar-refractivity contribution in [1.82, 2.24) is 4.90 Å². The predicted molar refractivity (Wildman–Crippen MR) is 87.5 cm³/mol. The van der Waals surface area contributed by atoms with Crippen LogP contribution in [0.4, 0.5) is 4.39 Å². The monoisotopic (exact) mass is 459 g/mol. The molecule has 0 unspecified atom stereocenters. The van der Waals surface area contributed by atoms with Gasteiger partial charge in [0, 0.05) is 3.57 Å². The molecule has 0 bridgehead atoms. The molecule has 0 atom stereocenters. The third kappa shape index (κ3) is 2.50. The molecule has 0 saturated carbocycles. The lowest BCUT2D eigenvalue weighted by Crippen LogP contribution is -2.29. The molecule has 0 radical (unpaired) electrons. The minimum Gasteiger partial charge on any atom is -0.270 e. The number of nitrogens with zero attached hydrogens (tertiary/aromatic N) is 1. The van der Waals surface area contributed by atoms with Crippen molar-refractivity contribution in [3.8, 4) is 0 Å². The van der Waals surface area contributed by atoms with Gasteiger partial charge in [-0.15, -0.1) is 0 Å². The first kappa shape index (κ1) is 14.6. The Morgan fingerprint density at radius 3 is 2.57 bits per heavy atom. The maximum absolute atomic E-state index is 13.5. The van der Waals surface area contributed by atoms with E-state index in [4.69, 9.17) is 0 Å². The van der Waals surface area contributed by atoms with Crippen molar-refractivity contribution in [2.45, 2.75) is 6.54 Å². The van der Waals surface area contributed by atoms with E-state index in [1.807, 2.05) is 0 Å². The number of rotatable bonds is 2. The number of amides is 2. The molecule has 106 valence electrons.